The highest BCUT2D eigenvalue weighted by Crippen LogP contribution is 2.49. The third-order valence-corrected chi connectivity index (χ3v) is 6.66. The van der Waals surface area contributed by atoms with Crippen LogP contribution in [0.3, 0.4) is 0 Å². The smallest absolute Gasteiger partial charge is 0.255 e. The van der Waals surface area contributed by atoms with Crippen LogP contribution in [0.1, 0.15) is 0 Å². The van der Waals surface area contributed by atoms with Gasteiger partial charge in [-0.15, -0.1) is 0 Å². The van der Waals surface area contributed by atoms with Crippen molar-refractivity contribution in [2.45, 2.75) is 6.10 Å². The van der Waals surface area contributed by atoms with Crippen molar-refractivity contribution in [1.82, 2.24) is 9.47 Å². The molecule has 10 nitrogen and oxygen atoms in total. The summed E-state index contributed by atoms with van der Waals surface area (Å²) in [5.41, 5.74) is 0.105. The Morgan fingerprint density at radius 3 is 2.31 bits per heavy atom. The largest absolute Gasteiger partial charge is 0.394 e. The second-order valence-electron chi connectivity index (χ2n) is 9.19. The van der Waals surface area contributed by atoms with E-state index in [9.17, 15) is 28.7 Å². The van der Waals surface area contributed by atoms with E-state index in [4.69, 9.17) is 16.7 Å². The van der Waals surface area contributed by atoms with Gasteiger partial charge in [0.2, 0.25) is 17.7 Å². The molecule has 0 bridgehead atoms. The van der Waals surface area contributed by atoms with Crippen molar-refractivity contribution < 1.29 is 29.0 Å². The average Bonchev–Trinajstić information content (AvgIpc) is 3.67. The lowest BCUT2D eigenvalue weighted by Gasteiger charge is -2.20. The van der Waals surface area contributed by atoms with Crippen molar-refractivity contribution >= 4 is 40.7 Å². The number of carbonyl (C=O) groups is 3. The lowest BCUT2D eigenvalue weighted by Crippen LogP contribution is -2.37. The monoisotopic (exact) mass is 556 g/mol. The summed E-state index contributed by atoms with van der Waals surface area (Å²) in [6.45, 7) is -0.780. The molecular formula is C27H26ClFN4O6. The molecule has 3 aromatic rings. The van der Waals surface area contributed by atoms with Crippen LogP contribution in [-0.2, 0) is 14.4 Å². The molecule has 1 fully saturated rings. The number of rotatable bonds is 9. The van der Waals surface area contributed by atoms with Crippen LogP contribution in [0, 0.1) is 23.6 Å². The predicted octanol–water partition coefficient (Wildman–Crippen LogP) is 1.88. The summed E-state index contributed by atoms with van der Waals surface area (Å²) in [4.78, 5) is 52.5. The highest BCUT2D eigenvalue weighted by atomic mass is 35.5. The zero-order valence-corrected chi connectivity index (χ0v) is 21.5. The minimum Gasteiger partial charge on any atom is -0.394 e. The predicted molar refractivity (Wildman–Crippen MR) is 142 cm³/mol. The standard InChI is InChI=1S/C27H26ClFN4O6/c1-32(13-18(35)14-34)27(39)24-22(25(37)30-16-7-5-15(28)6-8-16)23(24)26(38)31-20-10-9-17(12-19(20)29)33-11-3-2-4-21(33)36/h2-12,18,22-24,34-35H,13-14H2,1H3,(H,30,37)(H,31,38)/t18?,22-,23+,24+/m1/s1. The number of hydrogen-bond donors (Lipinski definition) is 4. The van der Waals surface area contributed by atoms with E-state index < -0.39 is 54.0 Å². The van der Waals surface area contributed by atoms with Crippen LogP contribution in [0.4, 0.5) is 15.8 Å². The molecule has 204 valence electrons. The summed E-state index contributed by atoms with van der Waals surface area (Å²) in [7, 11) is 1.38. The van der Waals surface area contributed by atoms with Crippen LogP contribution >= 0.6 is 11.6 Å². The molecule has 1 heterocycles. The van der Waals surface area contributed by atoms with Crippen LogP contribution in [0.25, 0.3) is 5.69 Å². The fourth-order valence-corrected chi connectivity index (χ4v) is 4.49. The molecule has 39 heavy (non-hydrogen) atoms. The first kappa shape index (κ1) is 28.0. The van der Waals surface area contributed by atoms with Crippen molar-refractivity contribution in [1.29, 1.82) is 0 Å². The van der Waals surface area contributed by atoms with Crippen molar-refractivity contribution in [2.75, 3.05) is 30.8 Å². The van der Waals surface area contributed by atoms with E-state index in [0.29, 0.717) is 10.7 Å². The van der Waals surface area contributed by atoms with Crippen LogP contribution in [0.5, 0.6) is 0 Å². The Kier molecular flexibility index (Phi) is 8.44. The number of halogens is 2. The molecule has 1 aromatic heterocycles. The number of aliphatic hydroxyl groups excluding tert-OH is 2. The van der Waals surface area contributed by atoms with Gasteiger partial charge >= 0.3 is 0 Å². The lowest BCUT2D eigenvalue weighted by atomic mass is 10.2. The number of amides is 3. The molecule has 12 heteroatoms. The van der Waals surface area contributed by atoms with E-state index in [2.05, 4.69) is 10.6 Å². The Hall–Kier alpha value is -4.06. The first-order chi connectivity index (χ1) is 18.6. The fraction of sp³-hybridized carbons (Fsp3) is 0.259. The van der Waals surface area contributed by atoms with E-state index in [1.807, 2.05) is 0 Å². The van der Waals surface area contributed by atoms with Crippen LogP contribution in [0.15, 0.2) is 71.7 Å². The van der Waals surface area contributed by atoms with Crippen molar-refractivity contribution in [3.63, 3.8) is 0 Å². The quantitative estimate of drug-likeness (QED) is 0.317. The summed E-state index contributed by atoms with van der Waals surface area (Å²) >= 11 is 5.88. The fourth-order valence-electron chi connectivity index (χ4n) is 4.36. The Morgan fingerprint density at radius 2 is 1.69 bits per heavy atom. The molecule has 1 saturated carbocycles. The summed E-state index contributed by atoms with van der Waals surface area (Å²) in [6.07, 6.45) is 0.278. The van der Waals surface area contributed by atoms with E-state index in [1.165, 1.54) is 36.0 Å². The first-order valence-corrected chi connectivity index (χ1v) is 12.4. The third kappa shape index (κ3) is 6.33. The van der Waals surface area contributed by atoms with E-state index in [-0.39, 0.29) is 23.5 Å². The minimum absolute atomic E-state index is 0.188. The van der Waals surface area contributed by atoms with E-state index >= 15 is 0 Å². The minimum atomic E-state index is -1.20. The number of carbonyl (C=O) groups excluding carboxylic acids is 3. The van der Waals surface area contributed by atoms with E-state index in [1.54, 1.807) is 36.4 Å². The second kappa shape index (κ2) is 11.8. The zero-order chi connectivity index (χ0) is 28.3. The summed E-state index contributed by atoms with van der Waals surface area (Å²) in [5, 5.41) is 24.4. The second-order valence-corrected chi connectivity index (χ2v) is 9.63. The highest BCUT2D eigenvalue weighted by Gasteiger charge is 2.63. The number of nitrogens with zero attached hydrogens (tertiary/aromatic N) is 2. The lowest BCUT2D eigenvalue weighted by molar-refractivity contribution is -0.135. The number of nitrogens with one attached hydrogen (secondary N) is 2. The first-order valence-electron chi connectivity index (χ1n) is 12.0. The molecule has 0 aliphatic heterocycles. The molecular weight excluding hydrogens is 531 g/mol. The van der Waals surface area contributed by atoms with Crippen LogP contribution in [-0.4, -0.2) is 63.7 Å². The van der Waals surface area contributed by atoms with Gasteiger partial charge in [-0.3, -0.25) is 23.7 Å². The Labute approximate surface area is 227 Å². The Bertz CT molecular complexity index is 1450. The number of hydrogen-bond acceptors (Lipinski definition) is 6. The molecule has 0 saturated heterocycles. The molecule has 1 aliphatic carbocycles. The van der Waals surface area contributed by atoms with Crippen LogP contribution in [0.2, 0.25) is 5.02 Å². The molecule has 0 radical (unpaired) electrons. The van der Waals surface area contributed by atoms with Crippen molar-refractivity contribution in [3.8, 4) is 5.69 Å². The van der Waals surface area contributed by atoms with Gasteiger partial charge in [0, 0.05) is 42.6 Å². The van der Waals surface area contributed by atoms with E-state index in [0.717, 1.165) is 11.0 Å². The zero-order valence-electron chi connectivity index (χ0n) is 20.8. The number of benzene rings is 2. The van der Waals surface area contributed by atoms with Gasteiger partial charge < -0.3 is 25.7 Å². The molecule has 0 spiro atoms. The molecule has 4 N–H and O–H groups in total. The Balaban J connectivity index is 1.53. The highest BCUT2D eigenvalue weighted by molar-refractivity contribution is 6.30. The number of pyridine rings is 1. The maximum Gasteiger partial charge on any atom is 0.255 e. The summed E-state index contributed by atoms with van der Waals surface area (Å²) < 4.78 is 16.1. The SMILES string of the molecule is CN(CC(O)CO)C(=O)[C@H]1[C@H](C(=O)Nc2ccc(Cl)cc2)[C@@H]1C(=O)Nc1ccc(-n2ccccc2=O)cc1F. The molecule has 1 aliphatic rings. The van der Waals surface area contributed by atoms with Gasteiger partial charge in [0.15, 0.2) is 0 Å². The van der Waals surface area contributed by atoms with Crippen molar-refractivity contribution in [2.24, 2.45) is 17.8 Å². The number of likely N-dealkylation sites (N-methyl/N-ethyl adjacent to an activating group) is 1. The molecule has 1 unspecified atom stereocenters. The molecule has 4 rings (SSSR count). The average molecular weight is 557 g/mol. The normalized spacial score (nSPS) is 18.6. The van der Waals surface area contributed by atoms with Gasteiger partial charge in [-0.05, 0) is 42.5 Å². The van der Waals surface area contributed by atoms with Crippen molar-refractivity contribution in [3.05, 3.63) is 88.1 Å². The summed E-state index contributed by atoms with van der Waals surface area (Å²) in [5.74, 6) is -5.99. The van der Waals surface area contributed by atoms with Gasteiger partial charge in [-0.25, -0.2) is 4.39 Å². The molecule has 3 amide bonds. The third-order valence-electron chi connectivity index (χ3n) is 6.40. The van der Waals surface area contributed by atoms with Gasteiger partial charge in [0.1, 0.15) is 5.82 Å². The molecule has 4 atom stereocenters. The number of aromatic nitrogens is 1. The number of anilines is 2. The topological polar surface area (TPSA) is 141 Å². The Morgan fingerprint density at radius 1 is 1.03 bits per heavy atom. The summed E-state index contributed by atoms with van der Waals surface area (Å²) in [6, 6.07) is 14.6. The van der Waals surface area contributed by atoms with Gasteiger partial charge in [-0.2, -0.15) is 0 Å². The maximum atomic E-state index is 14.9. The van der Waals surface area contributed by atoms with Gasteiger partial charge in [0.05, 0.1) is 41.8 Å². The number of aliphatic hydroxyl groups is 2. The van der Waals surface area contributed by atoms with Crippen LogP contribution < -0.4 is 16.2 Å². The van der Waals surface area contributed by atoms with Gasteiger partial charge in [-0.1, -0.05) is 17.7 Å². The maximum absolute atomic E-state index is 14.9. The van der Waals surface area contributed by atoms with Gasteiger partial charge in [0.25, 0.3) is 5.56 Å². The molecule has 2 aromatic carbocycles.